The highest BCUT2D eigenvalue weighted by molar-refractivity contribution is 7.23. The summed E-state index contributed by atoms with van der Waals surface area (Å²) < 4.78 is 12.9. The molecule has 0 atom stereocenters. The first-order chi connectivity index (χ1) is 17.0. The second kappa shape index (κ2) is 9.98. The first-order valence-electron chi connectivity index (χ1n) is 10.8. The summed E-state index contributed by atoms with van der Waals surface area (Å²) in [6, 6.07) is 14.5. The van der Waals surface area contributed by atoms with E-state index in [1.54, 1.807) is 12.1 Å². The van der Waals surface area contributed by atoms with Gasteiger partial charge in [-0.3, -0.25) is 20.2 Å². The van der Waals surface area contributed by atoms with Gasteiger partial charge in [0.2, 0.25) is 0 Å². The van der Waals surface area contributed by atoms with Crippen LogP contribution >= 0.6 is 34.0 Å². The number of hydrogen-bond acceptors (Lipinski definition) is 9. The van der Waals surface area contributed by atoms with Crippen LogP contribution in [0.4, 0.5) is 10.3 Å². The number of aromatic nitrogens is 2. The third-order valence-electron chi connectivity index (χ3n) is 4.84. The molecule has 0 aliphatic carbocycles. The third kappa shape index (κ3) is 5.11. The Balaban J connectivity index is 1.26. The van der Waals surface area contributed by atoms with Crippen LogP contribution in [0.3, 0.4) is 0 Å². The molecule has 0 spiro atoms. The molecule has 11 heteroatoms. The van der Waals surface area contributed by atoms with Gasteiger partial charge in [0.05, 0.1) is 43.4 Å². The van der Waals surface area contributed by atoms with Crippen LogP contribution in [-0.2, 0) is 0 Å². The van der Waals surface area contributed by atoms with E-state index in [0.717, 1.165) is 43.3 Å². The van der Waals surface area contributed by atoms with Crippen molar-refractivity contribution in [2.45, 2.75) is 13.8 Å². The van der Waals surface area contributed by atoms with Crippen molar-refractivity contribution in [3.8, 4) is 11.5 Å². The maximum atomic E-state index is 12.7. The summed E-state index contributed by atoms with van der Waals surface area (Å²) in [6.45, 7) is 5.01. The molecule has 0 bridgehead atoms. The number of thiazole rings is 2. The quantitative estimate of drug-likeness (QED) is 0.248. The zero-order valence-electron chi connectivity index (χ0n) is 18.8. The number of fused-ring (bicyclic) bond motifs is 2. The van der Waals surface area contributed by atoms with E-state index in [0.29, 0.717) is 33.2 Å². The number of nitrogens with one attached hydrogen (secondary N) is 2. The Morgan fingerprint density at radius 3 is 1.60 bits per heavy atom. The maximum absolute atomic E-state index is 12.7. The smallest absolute Gasteiger partial charge is 0.267 e. The summed E-state index contributed by atoms with van der Waals surface area (Å²) in [7, 11) is 0. The zero-order valence-corrected chi connectivity index (χ0v) is 21.2. The normalized spacial score (nSPS) is 11.0. The molecule has 178 valence electrons. The lowest BCUT2D eigenvalue weighted by molar-refractivity contribution is 0.102. The average molecular weight is 525 g/mol. The Bertz CT molecular complexity index is 1430. The number of carbonyl (C=O) groups is 2. The Morgan fingerprint density at radius 2 is 1.17 bits per heavy atom. The summed E-state index contributed by atoms with van der Waals surface area (Å²) in [4.78, 5) is 35.2. The first kappa shape index (κ1) is 23.2. The van der Waals surface area contributed by atoms with Gasteiger partial charge in [-0.1, -0.05) is 22.7 Å². The van der Waals surface area contributed by atoms with Crippen molar-refractivity contribution in [2.24, 2.45) is 0 Å². The van der Waals surface area contributed by atoms with E-state index in [9.17, 15) is 9.59 Å². The monoisotopic (exact) mass is 524 g/mol. The van der Waals surface area contributed by atoms with Crippen LogP contribution in [-0.4, -0.2) is 35.0 Å². The van der Waals surface area contributed by atoms with Crippen LogP contribution in [0.15, 0.2) is 48.5 Å². The van der Waals surface area contributed by atoms with Crippen LogP contribution in [0.25, 0.3) is 20.4 Å². The van der Waals surface area contributed by atoms with Gasteiger partial charge in [0, 0.05) is 0 Å². The van der Waals surface area contributed by atoms with Crippen molar-refractivity contribution >= 4 is 76.5 Å². The number of thiophene rings is 1. The second-order valence-electron chi connectivity index (χ2n) is 7.24. The van der Waals surface area contributed by atoms with Crippen molar-refractivity contribution in [3.05, 3.63) is 58.3 Å². The second-order valence-corrected chi connectivity index (χ2v) is 10.4. The molecule has 0 aliphatic heterocycles. The molecule has 0 aliphatic rings. The number of benzene rings is 2. The molecular weight excluding hydrogens is 504 g/mol. The fraction of sp³-hybridized carbons (Fsp3) is 0.167. The van der Waals surface area contributed by atoms with Gasteiger partial charge in [-0.25, -0.2) is 9.97 Å². The number of carbonyl (C=O) groups excluding carboxylic acids is 2. The number of anilines is 2. The van der Waals surface area contributed by atoms with Gasteiger partial charge >= 0.3 is 0 Å². The molecule has 0 unspecified atom stereocenters. The van der Waals surface area contributed by atoms with Crippen LogP contribution in [0.2, 0.25) is 0 Å². The van der Waals surface area contributed by atoms with Crippen LogP contribution in [0, 0.1) is 0 Å². The predicted molar refractivity (Wildman–Crippen MR) is 142 cm³/mol. The number of nitrogens with zero attached hydrogens (tertiary/aromatic N) is 2. The minimum atomic E-state index is -0.318. The van der Waals surface area contributed by atoms with E-state index in [2.05, 4.69) is 20.6 Å². The van der Waals surface area contributed by atoms with Crippen molar-refractivity contribution in [1.82, 2.24) is 9.97 Å². The lowest BCUT2D eigenvalue weighted by atomic mass is 10.3. The van der Waals surface area contributed by atoms with Gasteiger partial charge < -0.3 is 9.47 Å². The molecule has 5 aromatic rings. The van der Waals surface area contributed by atoms with Gasteiger partial charge in [-0.2, -0.15) is 0 Å². The predicted octanol–water partition coefficient (Wildman–Crippen LogP) is 6.27. The molecule has 2 aromatic carbocycles. The largest absolute Gasteiger partial charge is 0.494 e. The molecule has 35 heavy (non-hydrogen) atoms. The van der Waals surface area contributed by atoms with Crippen molar-refractivity contribution in [1.29, 1.82) is 0 Å². The Kier molecular flexibility index (Phi) is 6.62. The molecule has 5 rings (SSSR count). The van der Waals surface area contributed by atoms with Crippen molar-refractivity contribution in [2.75, 3.05) is 23.8 Å². The summed E-state index contributed by atoms with van der Waals surface area (Å²) in [5.74, 6) is 0.889. The highest BCUT2D eigenvalue weighted by atomic mass is 32.1. The van der Waals surface area contributed by atoms with Crippen molar-refractivity contribution in [3.63, 3.8) is 0 Å². The SMILES string of the molecule is CCOc1ccc2nc(NC(=O)c3ccc(C(=O)Nc4nc5ccc(OCC)cc5s4)s3)sc2c1. The standard InChI is InChI=1S/C24H20N4O4S3/c1-3-31-13-5-7-15-19(11-13)34-23(25-15)27-21(29)17-9-10-18(33-17)22(30)28-24-26-16-8-6-14(32-4-2)12-20(16)35-24/h5-12H,3-4H2,1-2H3,(H,25,27,29)(H,26,28,30). The molecule has 8 nitrogen and oxygen atoms in total. The Morgan fingerprint density at radius 1 is 0.714 bits per heavy atom. The van der Waals surface area contributed by atoms with Gasteiger partial charge in [0.1, 0.15) is 11.5 Å². The third-order valence-corrected chi connectivity index (χ3v) is 7.79. The molecule has 2 amide bonds. The van der Waals surface area contributed by atoms with E-state index in [4.69, 9.17) is 9.47 Å². The molecule has 3 heterocycles. The van der Waals surface area contributed by atoms with E-state index < -0.39 is 0 Å². The number of amides is 2. The molecule has 0 fully saturated rings. The van der Waals surface area contributed by atoms with Crippen LogP contribution in [0.5, 0.6) is 11.5 Å². The summed E-state index contributed by atoms with van der Waals surface area (Å²) in [5.41, 5.74) is 1.56. The highest BCUT2D eigenvalue weighted by Crippen LogP contribution is 2.31. The zero-order chi connectivity index (χ0) is 24.4. The van der Waals surface area contributed by atoms with E-state index in [1.165, 1.54) is 22.7 Å². The van der Waals surface area contributed by atoms with E-state index in [-0.39, 0.29) is 11.8 Å². The molecular formula is C24H20N4O4S3. The first-order valence-corrected chi connectivity index (χ1v) is 13.3. The summed E-state index contributed by atoms with van der Waals surface area (Å²) in [5, 5.41) is 6.61. The maximum Gasteiger partial charge on any atom is 0.267 e. The number of rotatable bonds is 8. The molecule has 0 saturated carbocycles. The summed E-state index contributed by atoms with van der Waals surface area (Å²) >= 11 is 3.84. The fourth-order valence-corrected chi connectivity index (χ4v) is 5.90. The minimum Gasteiger partial charge on any atom is -0.494 e. The van der Waals surface area contributed by atoms with E-state index >= 15 is 0 Å². The Labute approximate surface area is 212 Å². The minimum absolute atomic E-state index is 0.318. The lowest BCUT2D eigenvalue weighted by Crippen LogP contribution is -2.10. The summed E-state index contributed by atoms with van der Waals surface area (Å²) in [6.07, 6.45) is 0. The molecule has 0 radical (unpaired) electrons. The highest BCUT2D eigenvalue weighted by Gasteiger charge is 2.17. The van der Waals surface area contributed by atoms with Gasteiger partial charge in [-0.05, 0) is 62.4 Å². The molecule has 2 N–H and O–H groups in total. The number of ether oxygens (including phenoxy) is 2. The van der Waals surface area contributed by atoms with Gasteiger partial charge in [-0.15, -0.1) is 11.3 Å². The van der Waals surface area contributed by atoms with Gasteiger partial charge in [0.15, 0.2) is 10.3 Å². The molecule has 0 saturated heterocycles. The van der Waals surface area contributed by atoms with Gasteiger partial charge in [0.25, 0.3) is 11.8 Å². The number of hydrogen-bond donors (Lipinski definition) is 2. The van der Waals surface area contributed by atoms with E-state index in [1.807, 2.05) is 50.2 Å². The molecule has 3 aromatic heterocycles. The fourth-order valence-electron chi connectivity index (χ4n) is 3.33. The Hall–Kier alpha value is -3.54. The van der Waals surface area contributed by atoms with Crippen LogP contribution in [0.1, 0.15) is 33.2 Å². The van der Waals surface area contributed by atoms with Crippen LogP contribution < -0.4 is 20.1 Å². The van der Waals surface area contributed by atoms with Crippen molar-refractivity contribution < 1.29 is 19.1 Å². The topological polar surface area (TPSA) is 102 Å². The average Bonchev–Trinajstić information content (AvgIpc) is 3.56. The lowest BCUT2D eigenvalue weighted by Gasteiger charge is -2.00.